The predicted octanol–water partition coefficient (Wildman–Crippen LogP) is 0.211. The summed E-state index contributed by atoms with van der Waals surface area (Å²) in [6.45, 7) is 3.64. The topological polar surface area (TPSA) is 104 Å². The summed E-state index contributed by atoms with van der Waals surface area (Å²) in [5, 5.41) is 2.92. The van der Waals surface area contributed by atoms with Crippen LogP contribution in [0.15, 0.2) is 28.0 Å². The molecule has 7 nitrogen and oxygen atoms in total. The third-order valence-electron chi connectivity index (χ3n) is 3.09. The Labute approximate surface area is 138 Å². The molecule has 0 aliphatic rings. The van der Waals surface area contributed by atoms with Gasteiger partial charge in [0.15, 0.2) is 0 Å². The van der Waals surface area contributed by atoms with Crippen molar-refractivity contribution in [3.8, 4) is 0 Å². The molecule has 0 amide bonds. The Morgan fingerprint density at radius 3 is 2.14 bits per heavy atom. The van der Waals surface area contributed by atoms with E-state index >= 15 is 0 Å². The molecule has 1 rings (SSSR count). The second-order valence-corrected chi connectivity index (χ2v) is 8.30. The fourth-order valence-electron chi connectivity index (χ4n) is 1.62. The van der Waals surface area contributed by atoms with Crippen LogP contribution in [0.5, 0.6) is 0 Å². The van der Waals surface area contributed by atoms with Crippen LogP contribution in [0.3, 0.4) is 0 Å². The number of likely N-dealkylation sites (N-methyl/N-ethyl adjacent to an activating group) is 1. The number of hydrogen-bond donors (Lipinski definition) is 3. The molecule has 128 valence electrons. The first kappa shape index (κ1) is 21.3. The van der Waals surface area contributed by atoms with Gasteiger partial charge < -0.3 is 5.32 Å². The maximum atomic E-state index is 12.1. The van der Waals surface area contributed by atoms with Gasteiger partial charge in [0.25, 0.3) is 0 Å². The molecule has 22 heavy (non-hydrogen) atoms. The van der Waals surface area contributed by atoms with Crippen LogP contribution in [0.2, 0.25) is 0 Å². The highest BCUT2D eigenvalue weighted by Gasteiger charge is 2.19. The van der Waals surface area contributed by atoms with E-state index in [4.69, 9.17) is 0 Å². The maximum absolute atomic E-state index is 12.1. The van der Waals surface area contributed by atoms with Crippen LogP contribution in [0.4, 0.5) is 0 Å². The predicted molar refractivity (Wildman–Crippen MR) is 88.4 cm³/mol. The molecule has 0 fully saturated rings. The van der Waals surface area contributed by atoms with E-state index < -0.39 is 20.0 Å². The molecule has 0 saturated carbocycles. The van der Waals surface area contributed by atoms with Gasteiger partial charge in [-0.2, -0.15) is 0 Å². The van der Waals surface area contributed by atoms with Crippen molar-refractivity contribution in [2.45, 2.75) is 29.7 Å². The first-order valence-electron chi connectivity index (χ1n) is 6.35. The summed E-state index contributed by atoms with van der Waals surface area (Å²) in [5.41, 5.74) is 0.369. The van der Waals surface area contributed by atoms with Crippen LogP contribution < -0.4 is 14.8 Å². The number of rotatable bonds is 7. The van der Waals surface area contributed by atoms with Gasteiger partial charge in [0, 0.05) is 12.6 Å². The quantitative estimate of drug-likeness (QED) is 0.635. The molecular weight excluding hydrogens is 350 g/mol. The van der Waals surface area contributed by atoms with Crippen LogP contribution in [0.1, 0.15) is 12.5 Å². The van der Waals surface area contributed by atoms with E-state index in [0.717, 1.165) is 0 Å². The van der Waals surface area contributed by atoms with Crippen molar-refractivity contribution >= 4 is 32.5 Å². The number of nitrogens with one attached hydrogen (secondary N) is 3. The first-order valence-corrected chi connectivity index (χ1v) is 9.32. The van der Waals surface area contributed by atoms with E-state index in [1.807, 2.05) is 6.92 Å². The maximum Gasteiger partial charge on any atom is 0.240 e. The lowest BCUT2D eigenvalue weighted by Crippen LogP contribution is -2.37. The van der Waals surface area contributed by atoms with Crippen LogP contribution in [-0.4, -0.2) is 43.5 Å². The Morgan fingerprint density at radius 1 is 1.09 bits per heavy atom. The third kappa shape index (κ3) is 5.18. The lowest BCUT2D eigenvalue weighted by Gasteiger charge is -2.13. The number of aryl methyl sites for hydroxylation is 1. The summed E-state index contributed by atoms with van der Waals surface area (Å²) in [7, 11) is -4.22. The van der Waals surface area contributed by atoms with Gasteiger partial charge in [-0.15, -0.1) is 12.4 Å². The standard InChI is InChI=1S/C12H21N3O4S2.ClH/c1-9-7-11(5-6-12(9)21(18,19)14-4)20(16,17)15-8-10(2)13-3;/h5-7,10,13-15H,8H2,1-4H3;1H. The normalized spacial score (nSPS) is 13.5. The molecule has 0 radical (unpaired) electrons. The average molecular weight is 372 g/mol. The number of benzene rings is 1. The molecule has 1 unspecified atom stereocenters. The molecular formula is C12H22ClN3O4S2. The summed E-state index contributed by atoms with van der Waals surface area (Å²) in [6, 6.07) is 3.90. The Morgan fingerprint density at radius 2 is 1.68 bits per heavy atom. The molecule has 0 bridgehead atoms. The van der Waals surface area contributed by atoms with E-state index in [2.05, 4.69) is 14.8 Å². The van der Waals surface area contributed by atoms with Gasteiger partial charge in [-0.1, -0.05) is 0 Å². The largest absolute Gasteiger partial charge is 0.316 e. The van der Waals surface area contributed by atoms with Gasteiger partial charge >= 0.3 is 0 Å². The lowest BCUT2D eigenvalue weighted by atomic mass is 10.2. The zero-order chi connectivity index (χ0) is 16.3. The Kier molecular flexibility index (Phi) is 7.96. The van der Waals surface area contributed by atoms with E-state index in [0.29, 0.717) is 5.56 Å². The van der Waals surface area contributed by atoms with Gasteiger partial charge in [0.05, 0.1) is 9.79 Å². The second-order valence-electron chi connectivity index (χ2n) is 4.68. The molecule has 3 N–H and O–H groups in total. The highest BCUT2D eigenvalue weighted by atomic mass is 35.5. The molecule has 1 atom stereocenters. The zero-order valence-electron chi connectivity index (χ0n) is 12.9. The molecule has 0 spiro atoms. The van der Waals surface area contributed by atoms with Gasteiger partial charge in [0.1, 0.15) is 0 Å². The molecule has 0 saturated heterocycles. The second kappa shape index (κ2) is 8.23. The van der Waals surface area contributed by atoms with Crippen molar-refractivity contribution in [2.24, 2.45) is 0 Å². The number of sulfonamides is 2. The van der Waals surface area contributed by atoms with E-state index in [1.54, 1.807) is 14.0 Å². The third-order valence-corrected chi connectivity index (χ3v) is 6.08. The van der Waals surface area contributed by atoms with Gasteiger partial charge in [-0.3, -0.25) is 0 Å². The minimum atomic E-state index is -3.66. The van der Waals surface area contributed by atoms with E-state index in [9.17, 15) is 16.8 Å². The fraction of sp³-hybridized carbons (Fsp3) is 0.500. The van der Waals surface area contributed by atoms with E-state index in [1.165, 1.54) is 25.2 Å². The highest BCUT2D eigenvalue weighted by Crippen LogP contribution is 2.19. The minimum Gasteiger partial charge on any atom is -0.316 e. The Balaban J connectivity index is 0.00000441. The SMILES string of the molecule is CNC(C)CNS(=O)(=O)c1ccc(S(=O)(=O)NC)c(C)c1.Cl. The minimum absolute atomic E-state index is 0. The van der Waals surface area contributed by atoms with Crippen molar-refractivity contribution in [2.75, 3.05) is 20.6 Å². The smallest absolute Gasteiger partial charge is 0.240 e. The van der Waals surface area contributed by atoms with Crippen LogP contribution >= 0.6 is 12.4 Å². The molecule has 0 aliphatic heterocycles. The summed E-state index contributed by atoms with van der Waals surface area (Å²) in [4.78, 5) is 0.103. The van der Waals surface area contributed by atoms with Crippen molar-refractivity contribution in [3.63, 3.8) is 0 Å². The van der Waals surface area contributed by atoms with Crippen LogP contribution in [-0.2, 0) is 20.0 Å². The van der Waals surface area contributed by atoms with Crippen molar-refractivity contribution in [3.05, 3.63) is 23.8 Å². The zero-order valence-corrected chi connectivity index (χ0v) is 15.3. The summed E-state index contributed by atoms with van der Waals surface area (Å²) >= 11 is 0. The molecule has 0 aliphatic carbocycles. The molecule has 0 aromatic heterocycles. The summed E-state index contributed by atoms with van der Waals surface area (Å²) < 4.78 is 52.4. The van der Waals surface area contributed by atoms with Crippen molar-refractivity contribution in [1.82, 2.24) is 14.8 Å². The fourth-order valence-corrected chi connectivity index (χ4v) is 3.79. The molecule has 1 aromatic rings. The monoisotopic (exact) mass is 371 g/mol. The number of hydrogen-bond acceptors (Lipinski definition) is 5. The first-order chi connectivity index (χ1) is 9.64. The molecule has 0 heterocycles. The van der Waals surface area contributed by atoms with Crippen molar-refractivity contribution < 1.29 is 16.8 Å². The van der Waals surface area contributed by atoms with E-state index in [-0.39, 0.29) is 34.8 Å². The summed E-state index contributed by atoms with van der Waals surface area (Å²) in [6.07, 6.45) is 0. The Hall–Kier alpha value is -0.710. The van der Waals surface area contributed by atoms with Gasteiger partial charge in [-0.25, -0.2) is 26.3 Å². The average Bonchev–Trinajstić information content (AvgIpc) is 2.44. The van der Waals surface area contributed by atoms with Gasteiger partial charge in [0.2, 0.25) is 20.0 Å². The number of halogens is 1. The molecule has 10 heteroatoms. The lowest BCUT2D eigenvalue weighted by molar-refractivity contribution is 0.554. The van der Waals surface area contributed by atoms with Crippen LogP contribution in [0, 0.1) is 6.92 Å². The van der Waals surface area contributed by atoms with Crippen LogP contribution in [0.25, 0.3) is 0 Å². The summed E-state index contributed by atoms with van der Waals surface area (Å²) in [5.74, 6) is 0. The highest BCUT2D eigenvalue weighted by molar-refractivity contribution is 7.90. The van der Waals surface area contributed by atoms with Gasteiger partial charge in [-0.05, 0) is 51.7 Å². The Bertz CT molecular complexity index is 705. The molecule has 1 aromatic carbocycles. The van der Waals surface area contributed by atoms with Crippen molar-refractivity contribution in [1.29, 1.82) is 0 Å².